The van der Waals surface area contributed by atoms with Gasteiger partial charge in [0.05, 0.1) is 30.6 Å². The summed E-state index contributed by atoms with van der Waals surface area (Å²) in [5, 5.41) is 1.63. The monoisotopic (exact) mass is 520 g/mol. The predicted molar refractivity (Wildman–Crippen MR) is 136 cm³/mol. The standard InChI is InChI=1S/C29H25ClO7/c1-3-36-29(34)25-20(31)13-17-11-16-12-18-19(30)9-10-21(37-14-15-7-5-4-6-8-15)24(18)28(35-2)23(16)26(32)22(17)27(25)33/h4-10,12,17,22,25H,3,11,13-14H2,1-2H3. The Morgan fingerprint density at radius 3 is 2.51 bits per heavy atom. The topological polar surface area (TPSA) is 96.0 Å². The number of carbonyl (C=O) groups is 4. The number of ketones is 3. The molecule has 1 saturated carbocycles. The summed E-state index contributed by atoms with van der Waals surface area (Å²) in [5.41, 5.74) is 1.87. The van der Waals surface area contributed by atoms with Crippen LogP contribution in [0.2, 0.25) is 5.02 Å². The molecule has 8 heteroatoms. The van der Waals surface area contributed by atoms with Crippen LogP contribution in [0.1, 0.15) is 34.8 Å². The van der Waals surface area contributed by atoms with Crippen molar-refractivity contribution in [1.82, 2.24) is 0 Å². The Bertz CT molecular complexity index is 1430. The lowest BCUT2D eigenvalue weighted by molar-refractivity contribution is -0.158. The van der Waals surface area contributed by atoms with Crippen LogP contribution in [0, 0.1) is 17.8 Å². The number of carbonyl (C=O) groups excluding carboxylic acids is 4. The molecular formula is C29H25ClO7. The molecule has 0 radical (unpaired) electrons. The number of rotatable bonds is 6. The number of fused-ring (bicyclic) bond motifs is 3. The zero-order valence-electron chi connectivity index (χ0n) is 20.4. The number of esters is 1. The predicted octanol–water partition coefficient (Wildman–Crippen LogP) is 4.77. The number of ether oxygens (including phenoxy) is 3. The quantitative estimate of drug-likeness (QED) is 0.341. The summed E-state index contributed by atoms with van der Waals surface area (Å²) in [6.07, 6.45) is 0.246. The van der Waals surface area contributed by atoms with Gasteiger partial charge >= 0.3 is 5.97 Å². The fourth-order valence-electron chi connectivity index (χ4n) is 5.47. The summed E-state index contributed by atoms with van der Waals surface area (Å²) in [7, 11) is 1.45. The van der Waals surface area contributed by atoms with Crippen LogP contribution in [0.3, 0.4) is 0 Å². The maximum absolute atomic E-state index is 13.9. The highest BCUT2D eigenvalue weighted by Crippen LogP contribution is 2.48. The molecule has 190 valence electrons. The van der Waals surface area contributed by atoms with Gasteiger partial charge in [-0.05, 0) is 48.6 Å². The molecule has 3 aromatic carbocycles. The van der Waals surface area contributed by atoms with Crippen molar-refractivity contribution in [3.63, 3.8) is 0 Å². The van der Waals surface area contributed by atoms with E-state index in [0.717, 1.165) is 5.56 Å². The molecule has 0 saturated heterocycles. The number of benzene rings is 3. The first-order valence-electron chi connectivity index (χ1n) is 12.1. The van der Waals surface area contributed by atoms with E-state index in [0.29, 0.717) is 33.5 Å². The van der Waals surface area contributed by atoms with Gasteiger partial charge in [0.25, 0.3) is 0 Å². The van der Waals surface area contributed by atoms with E-state index in [9.17, 15) is 19.2 Å². The molecule has 0 spiro atoms. The lowest BCUT2D eigenvalue weighted by Crippen LogP contribution is -2.50. The van der Waals surface area contributed by atoms with Gasteiger partial charge in [0.15, 0.2) is 23.3 Å². The van der Waals surface area contributed by atoms with Gasteiger partial charge in [0.2, 0.25) is 0 Å². The van der Waals surface area contributed by atoms with E-state index >= 15 is 0 Å². The zero-order chi connectivity index (χ0) is 26.3. The van der Waals surface area contributed by atoms with Crippen molar-refractivity contribution in [2.45, 2.75) is 26.4 Å². The average Bonchev–Trinajstić information content (AvgIpc) is 2.88. The van der Waals surface area contributed by atoms with Crippen LogP contribution in [0.25, 0.3) is 10.8 Å². The Labute approximate surface area is 218 Å². The molecule has 0 aromatic heterocycles. The number of Topliss-reactive ketones (excluding diaryl/α,β-unsaturated/α-hetero) is 3. The van der Waals surface area contributed by atoms with E-state index in [4.69, 9.17) is 25.8 Å². The molecule has 3 atom stereocenters. The smallest absolute Gasteiger partial charge is 0.324 e. The molecule has 3 unspecified atom stereocenters. The number of hydrogen-bond donors (Lipinski definition) is 0. The third-order valence-electron chi connectivity index (χ3n) is 7.07. The van der Waals surface area contributed by atoms with E-state index < -0.39 is 41.1 Å². The van der Waals surface area contributed by atoms with Crippen molar-refractivity contribution in [1.29, 1.82) is 0 Å². The molecular weight excluding hydrogens is 496 g/mol. The van der Waals surface area contributed by atoms with Crippen molar-refractivity contribution < 1.29 is 33.4 Å². The summed E-state index contributed by atoms with van der Waals surface area (Å²) in [4.78, 5) is 52.3. The van der Waals surface area contributed by atoms with Gasteiger partial charge in [-0.3, -0.25) is 19.2 Å². The van der Waals surface area contributed by atoms with Crippen LogP contribution in [0.4, 0.5) is 0 Å². The van der Waals surface area contributed by atoms with E-state index in [1.165, 1.54) is 7.11 Å². The van der Waals surface area contributed by atoms with Crippen molar-refractivity contribution >= 4 is 45.7 Å². The Hall–Kier alpha value is -3.71. The lowest BCUT2D eigenvalue weighted by atomic mass is 9.63. The molecule has 1 fully saturated rings. The first kappa shape index (κ1) is 25.0. The van der Waals surface area contributed by atoms with Gasteiger partial charge in [0, 0.05) is 16.8 Å². The largest absolute Gasteiger partial charge is 0.495 e. The van der Waals surface area contributed by atoms with Gasteiger partial charge in [-0.2, -0.15) is 0 Å². The number of methoxy groups -OCH3 is 1. The van der Waals surface area contributed by atoms with Crippen LogP contribution < -0.4 is 9.47 Å². The van der Waals surface area contributed by atoms with E-state index in [2.05, 4.69) is 0 Å². The second-order valence-electron chi connectivity index (χ2n) is 9.25. The molecule has 0 aliphatic heterocycles. The minimum Gasteiger partial charge on any atom is -0.495 e. The molecule has 0 N–H and O–H groups in total. The maximum atomic E-state index is 13.9. The fraction of sp³-hybridized carbons (Fsp3) is 0.310. The maximum Gasteiger partial charge on any atom is 0.324 e. The van der Waals surface area contributed by atoms with Crippen LogP contribution in [0.15, 0.2) is 48.5 Å². The first-order valence-corrected chi connectivity index (χ1v) is 12.5. The Morgan fingerprint density at radius 1 is 1.05 bits per heavy atom. The normalized spacial score (nSPS) is 20.8. The van der Waals surface area contributed by atoms with E-state index in [-0.39, 0.29) is 30.9 Å². The molecule has 2 aliphatic carbocycles. The SMILES string of the molecule is CCOC(=O)C1C(=O)CC2Cc3cc4c(Cl)ccc(OCc5ccccc5)c4c(OC)c3C(=O)C2C1=O. The molecule has 0 heterocycles. The third-order valence-corrected chi connectivity index (χ3v) is 7.40. The summed E-state index contributed by atoms with van der Waals surface area (Å²) >= 11 is 6.57. The second-order valence-corrected chi connectivity index (χ2v) is 9.66. The lowest BCUT2D eigenvalue weighted by Gasteiger charge is -2.37. The molecule has 7 nitrogen and oxygen atoms in total. The van der Waals surface area contributed by atoms with E-state index in [1.54, 1.807) is 19.1 Å². The zero-order valence-corrected chi connectivity index (χ0v) is 21.2. The van der Waals surface area contributed by atoms with Crippen molar-refractivity contribution in [3.05, 3.63) is 70.2 Å². The van der Waals surface area contributed by atoms with E-state index in [1.807, 2.05) is 36.4 Å². The van der Waals surface area contributed by atoms with Gasteiger partial charge in [-0.15, -0.1) is 0 Å². The van der Waals surface area contributed by atoms with Crippen LogP contribution >= 0.6 is 11.6 Å². The molecule has 2 aliphatic rings. The first-order chi connectivity index (χ1) is 17.8. The summed E-state index contributed by atoms with van der Waals surface area (Å²) in [6, 6.07) is 14.9. The highest BCUT2D eigenvalue weighted by Gasteiger charge is 2.53. The summed E-state index contributed by atoms with van der Waals surface area (Å²) in [5.74, 6) is -5.08. The third kappa shape index (κ3) is 4.27. The minimum atomic E-state index is -1.57. The number of hydrogen-bond acceptors (Lipinski definition) is 7. The van der Waals surface area contributed by atoms with Crippen molar-refractivity contribution in [2.75, 3.05) is 13.7 Å². The summed E-state index contributed by atoms with van der Waals surface area (Å²) < 4.78 is 16.8. The minimum absolute atomic E-state index is 0.0348. The highest BCUT2D eigenvalue weighted by atomic mass is 35.5. The summed E-state index contributed by atoms with van der Waals surface area (Å²) in [6.45, 7) is 1.92. The van der Waals surface area contributed by atoms with Crippen LogP contribution in [-0.4, -0.2) is 37.0 Å². The Balaban J connectivity index is 1.60. The van der Waals surface area contributed by atoms with Crippen LogP contribution in [0.5, 0.6) is 11.5 Å². The van der Waals surface area contributed by atoms with Gasteiger partial charge < -0.3 is 14.2 Å². The molecule has 3 aromatic rings. The molecule has 37 heavy (non-hydrogen) atoms. The Morgan fingerprint density at radius 2 is 1.81 bits per heavy atom. The Kier molecular flexibility index (Phi) is 6.73. The van der Waals surface area contributed by atoms with Crippen molar-refractivity contribution in [2.24, 2.45) is 17.8 Å². The van der Waals surface area contributed by atoms with Gasteiger partial charge in [0.1, 0.15) is 18.1 Å². The molecule has 0 amide bonds. The number of halogens is 1. The second kappa shape index (κ2) is 9.98. The van der Waals surface area contributed by atoms with Gasteiger partial charge in [-0.1, -0.05) is 41.9 Å². The van der Waals surface area contributed by atoms with Crippen molar-refractivity contribution in [3.8, 4) is 11.5 Å². The van der Waals surface area contributed by atoms with Crippen LogP contribution in [-0.2, 0) is 32.1 Å². The average molecular weight is 521 g/mol. The molecule has 0 bridgehead atoms. The highest BCUT2D eigenvalue weighted by molar-refractivity contribution is 6.36. The van der Waals surface area contributed by atoms with Gasteiger partial charge in [-0.25, -0.2) is 0 Å². The molecule has 5 rings (SSSR count). The fourth-order valence-corrected chi connectivity index (χ4v) is 5.68.